The fraction of sp³-hybridized carbons (Fsp3) is 0.294. The minimum atomic E-state index is -3.68. The Kier molecular flexibility index (Phi) is 5.50. The lowest BCUT2D eigenvalue weighted by Crippen LogP contribution is -2.31. The van der Waals surface area contributed by atoms with Crippen LogP contribution in [0, 0.1) is 10.1 Å². The summed E-state index contributed by atoms with van der Waals surface area (Å²) in [6.07, 6.45) is 0.915. The van der Waals surface area contributed by atoms with Crippen LogP contribution in [-0.2, 0) is 23.0 Å². The molecule has 1 aliphatic rings. The van der Waals surface area contributed by atoms with Crippen LogP contribution >= 0.6 is 0 Å². The number of nitrogens with zero attached hydrogens (tertiary/aromatic N) is 1. The standard InChI is InChI=1S/C17H19N3O5S/c21-20(22)15-2-4-16(5-3-15)26(23,24)19-9-8-18-12-13-1-6-17-14(11-13)7-10-25-17/h1-6,11,18-19H,7-10,12H2. The Morgan fingerprint density at radius 2 is 1.88 bits per heavy atom. The number of nitrogens with one attached hydrogen (secondary N) is 2. The first-order chi connectivity index (χ1) is 12.5. The van der Waals surface area contributed by atoms with Crippen molar-refractivity contribution in [3.8, 4) is 5.75 Å². The molecule has 0 aliphatic carbocycles. The highest BCUT2D eigenvalue weighted by Gasteiger charge is 2.15. The van der Waals surface area contributed by atoms with E-state index in [9.17, 15) is 18.5 Å². The molecular weight excluding hydrogens is 358 g/mol. The van der Waals surface area contributed by atoms with Crippen molar-refractivity contribution in [3.05, 3.63) is 63.7 Å². The predicted octanol–water partition coefficient (Wildman–Crippen LogP) is 1.60. The zero-order valence-corrected chi connectivity index (χ0v) is 14.8. The van der Waals surface area contributed by atoms with Crippen molar-refractivity contribution >= 4 is 15.7 Å². The molecule has 0 unspecified atom stereocenters. The van der Waals surface area contributed by atoms with Gasteiger partial charge in [0, 0.05) is 38.2 Å². The zero-order valence-electron chi connectivity index (χ0n) is 14.0. The molecule has 0 atom stereocenters. The third-order valence-corrected chi connectivity index (χ3v) is 5.51. The number of nitro benzene ring substituents is 1. The maximum Gasteiger partial charge on any atom is 0.269 e. The second kappa shape index (κ2) is 7.81. The van der Waals surface area contributed by atoms with Gasteiger partial charge in [-0.1, -0.05) is 12.1 Å². The lowest BCUT2D eigenvalue weighted by Gasteiger charge is -2.09. The van der Waals surface area contributed by atoms with Crippen LogP contribution in [0.3, 0.4) is 0 Å². The second-order valence-electron chi connectivity index (χ2n) is 5.87. The maximum absolute atomic E-state index is 12.2. The molecule has 0 saturated carbocycles. The molecule has 138 valence electrons. The topological polar surface area (TPSA) is 111 Å². The quantitative estimate of drug-likeness (QED) is 0.411. The summed E-state index contributed by atoms with van der Waals surface area (Å²) in [6.45, 7) is 2.02. The summed E-state index contributed by atoms with van der Waals surface area (Å²) in [5, 5.41) is 13.8. The van der Waals surface area contributed by atoms with Gasteiger partial charge >= 0.3 is 0 Å². The molecule has 0 radical (unpaired) electrons. The number of hydrogen-bond donors (Lipinski definition) is 2. The SMILES string of the molecule is O=[N+]([O-])c1ccc(S(=O)(=O)NCCNCc2ccc3c(c2)CCO3)cc1. The van der Waals surface area contributed by atoms with Crippen molar-refractivity contribution in [2.24, 2.45) is 0 Å². The Bertz CT molecular complexity index is 897. The van der Waals surface area contributed by atoms with Gasteiger partial charge in [0.25, 0.3) is 5.69 Å². The Labute approximate surface area is 151 Å². The summed E-state index contributed by atoms with van der Waals surface area (Å²) in [5.41, 5.74) is 2.17. The van der Waals surface area contributed by atoms with Crippen LogP contribution < -0.4 is 14.8 Å². The Hall–Kier alpha value is -2.49. The number of non-ortho nitro benzene ring substituents is 1. The Morgan fingerprint density at radius 1 is 1.12 bits per heavy atom. The maximum atomic E-state index is 12.2. The molecule has 0 saturated heterocycles. The van der Waals surface area contributed by atoms with Crippen LogP contribution in [0.15, 0.2) is 47.4 Å². The van der Waals surface area contributed by atoms with Crippen LogP contribution in [0.25, 0.3) is 0 Å². The molecule has 0 fully saturated rings. The Balaban J connectivity index is 1.46. The highest BCUT2D eigenvalue weighted by molar-refractivity contribution is 7.89. The van der Waals surface area contributed by atoms with Gasteiger partial charge in [-0.2, -0.15) is 0 Å². The molecule has 0 bridgehead atoms. The summed E-state index contributed by atoms with van der Waals surface area (Å²) >= 11 is 0. The van der Waals surface area contributed by atoms with E-state index in [4.69, 9.17) is 4.74 Å². The third kappa shape index (κ3) is 4.37. The van der Waals surface area contributed by atoms with Gasteiger partial charge in [0.05, 0.1) is 16.4 Å². The molecule has 3 rings (SSSR count). The van der Waals surface area contributed by atoms with Gasteiger partial charge in [0.1, 0.15) is 5.75 Å². The minimum Gasteiger partial charge on any atom is -0.493 e. The summed E-state index contributed by atoms with van der Waals surface area (Å²) < 4.78 is 32.2. The van der Waals surface area contributed by atoms with E-state index < -0.39 is 14.9 Å². The van der Waals surface area contributed by atoms with Gasteiger partial charge in [-0.3, -0.25) is 10.1 Å². The molecule has 0 amide bonds. The van der Waals surface area contributed by atoms with E-state index in [1.54, 1.807) is 0 Å². The van der Waals surface area contributed by atoms with Crippen LogP contribution in [0.4, 0.5) is 5.69 Å². The number of sulfonamides is 1. The molecule has 9 heteroatoms. The number of hydrogen-bond acceptors (Lipinski definition) is 6. The van der Waals surface area contributed by atoms with Crippen molar-refractivity contribution in [3.63, 3.8) is 0 Å². The highest BCUT2D eigenvalue weighted by Crippen LogP contribution is 2.25. The fourth-order valence-corrected chi connectivity index (χ4v) is 3.72. The largest absolute Gasteiger partial charge is 0.493 e. The lowest BCUT2D eigenvalue weighted by molar-refractivity contribution is -0.384. The van der Waals surface area contributed by atoms with Crippen molar-refractivity contribution < 1.29 is 18.1 Å². The van der Waals surface area contributed by atoms with Crippen molar-refractivity contribution in [2.45, 2.75) is 17.9 Å². The van der Waals surface area contributed by atoms with Crippen LogP contribution in [-0.4, -0.2) is 33.0 Å². The molecular formula is C17H19N3O5S. The molecule has 1 heterocycles. The van der Waals surface area contributed by atoms with E-state index in [1.165, 1.54) is 29.8 Å². The van der Waals surface area contributed by atoms with E-state index in [0.717, 1.165) is 24.3 Å². The molecule has 0 spiro atoms. The molecule has 0 aromatic heterocycles. The van der Waals surface area contributed by atoms with Gasteiger partial charge in [-0.15, -0.1) is 0 Å². The van der Waals surface area contributed by atoms with Gasteiger partial charge in [0.15, 0.2) is 0 Å². The first kappa shape index (κ1) is 18.3. The summed E-state index contributed by atoms with van der Waals surface area (Å²) in [5.74, 6) is 0.935. The van der Waals surface area contributed by atoms with Gasteiger partial charge in [-0.25, -0.2) is 13.1 Å². The van der Waals surface area contributed by atoms with Crippen molar-refractivity contribution in [2.75, 3.05) is 19.7 Å². The number of rotatable bonds is 8. The molecule has 2 N–H and O–H groups in total. The molecule has 8 nitrogen and oxygen atoms in total. The number of ether oxygens (including phenoxy) is 1. The Morgan fingerprint density at radius 3 is 2.62 bits per heavy atom. The van der Waals surface area contributed by atoms with Crippen molar-refractivity contribution in [1.82, 2.24) is 10.0 Å². The van der Waals surface area contributed by atoms with E-state index >= 15 is 0 Å². The average molecular weight is 377 g/mol. The first-order valence-electron chi connectivity index (χ1n) is 8.15. The van der Waals surface area contributed by atoms with Crippen LogP contribution in [0.2, 0.25) is 0 Å². The number of benzene rings is 2. The normalized spacial score (nSPS) is 13.2. The molecule has 2 aromatic rings. The second-order valence-corrected chi connectivity index (χ2v) is 7.63. The lowest BCUT2D eigenvalue weighted by atomic mass is 10.1. The summed E-state index contributed by atoms with van der Waals surface area (Å²) in [4.78, 5) is 10.0. The van der Waals surface area contributed by atoms with Crippen LogP contribution in [0.1, 0.15) is 11.1 Å². The molecule has 1 aliphatic heterocycles. The average Bonchev–Trinajstić information content (AvgIpc) is 3.09. The van der Waals surface area contributed by atoms with E-state index in [1.807, 2.05) is 12.1 Å². The van der Waals surface area contributed by atoms with E-state index in [2.05, 4.69) is 16.1 Å². The minimum absolute atomic E-state index is 0.00159. The highest BCUT2D eigenvalue weighted by atomic mass is 32.2. The summed E-state index contributed by atoms with van der Waals surface area (Å²) in [6, 6.07) is 10.8. The summed E-state index contributed by atoms with van der Waals surface area (Å²) in [7, 11) is -3.68. The van der Waals surface area contributed by atoms with E-state index in [-0.39, 0.29) is 17.1 Å². The number of nitro groups is 1. The monoisotopic (exact) mass is 377 g/mol. The predicted molar refractivity (Wildman–Crippen MR) is 95.6 cm³/mol. The molecule has 26 heavy (non-hydrogen) atoms. The zero-order chi connectivity index (χ0) is 18.6. The molecule has 2 aromatic carbocycles. The first-order valence-corrected chi connectivity index (χ1v) is 9.63. The van der Waals surface area contributed by atoms with Gasteiger partial charge in [0.2, 0.25) is 10.0 Å². The van der Waals surface area contributed by atoms with Gasteiger partial charge < -0.3 is 10.1 Å². The van der Waals surface area contributed by atoms with Gasteiger partial charge in [-0.05, 0) is 29.3 Å². The number of fused-ring (bicyclic) bond motifs is 1. The van der Waals surface area contributed by atoms with Crippen molar-refractivity contribution in [1.29, 1.82) is 0 Å². The third-order valence-electron chi connectivity index (χ3n) is 4.03. The fourth-order valence-electron chi connectivity index (χ4n) is 2.69. The smallest absolute Gasteiger partial charge is 0.269 e. The van der Waals surface area contributed by atoms with Crippen LogP contribution in [0.5, 0.6) is 5.75 Å². The van der Waals surface area contributed by atoms with E-state index in [0.29, 0.717) is 13.1 Å².